The largest absolute Gasteiger partial charge is 0.392 e. The van der Waals surface area contributed by atoms with Gasteiger partial charge in [-0.3, -0.25) is 4.68 Å². The predicted octanol–water partition coefficient (Wildman–Crippen LogP) is 1.64. The van der Waals surface area contributed by atoms with E-state index < -0.39 is 10.0 Å². The molecule has 7 heteroatoms. The molecule has 6 nitrogen and oxygen atoms in total. The van der Waals surface area contributed by atoms with Gasteiger partial charge >= 0.3 is 0 Å². The molecule has 1 aromatic heterocycles. The van der Waals surface area contributed by atoms with Crippen LogP contribution in [-0.2, 0) is 16.6 Å². The molecule has 23 heavy (non-hydrogen) atoms. The first-order chi connectivity index (χ1) is 11.0. The van der Waals surface area contributed by atoms with Crippen LogP contribution < -0.4 is 0 Å². The topological polar surface area (TPSA) is 75.4 Å². The molecule has 1 aliphatic rings. The summed E-state index contributed by atoms with van der Waals surface area (Å²) in [5.41, 5.74) is 2.97. The van der Waals surface area contributed by atoms with Gasteiger partial charge in [0, 0.05) is 24.8 Å². The van der Waals surface area contributed by atoms with Gasteiger partial charge in [0.05, 0.1) is 25.1 Å². The number of rotatable bonds is 4. The molecular formula is C16H21N3O3S. The van der Waals surface area contributed by atoms with Crippen LogP contribution in [0.5, 0.6) is 0 Å². The Balaban J connectivity index is 1.70. The average Bonchev–Trinajstić information content (AvgIpc) is 3.04. The first kappa shape index (κ1) is 16.2. The van der Waals surface area contributed by atoms with E-state index in [9.17, 15) is 8.42 Å². The molecule has 0 unspecified atom stereocenters. The van der Waals surface area contributed by atoms with Crippen LogP contribution >= 0.6 is 0 Å². The lowest BCUT2D eigenvalue weighted by molar-refractivity contribution is 0.262. The zero-order valence-corrected chi connectivity index (χ0v) is 13.9. The van der Waals surface area contributed by atoms with Crippen LogP contribution in [-0.4, -0.2) is 47.0 Å². The third-order valence-corrected chi connectivity index (χ3v) is 5.64. The Morgan fingerprint density at radius 2 is 1.83 bits per heavy atom. The molecule has 0 bridgehead atoms. The minimum atomic E-state index is -3.09. The molecular weight excluding hydrogens is 314 g/mol. The smallest absolute Gasteiger partial charge is 0.211 e. The van der Waals surface area contributed by atoms with Crippen molar-refractivity contribution in [3.05, 3.63) is 42.2 Å². The molecule has 0 saturated carbocycles. The Bertz CT molecular complexity index is 760. The third-order valence-electron chi connectivity index (χ3n) is 4.34. The number of sulfonamides is 1. The Morgan fingerprint density at radius 1 is 1.17 bits per heavy atom. The lowest BCUT2D eigenvalue weighted by atomic mass is 10.1. The first-order valence-corrected chi connectivity index (χ1v) is 9.51. The minimum Gasteiger partial charge on any atom is -0.392 e. The van der Waals surface area contributed by atoms with Gasteiger partial charge in [-0.2, -0.15) is 5.10 Å². The van der Waals surface area contributed by atoms with Crippen LogP contribution in [0.4, 0.5) is 0 Å². The highest BCUT2D eigenvalue weighted by atomic mass is 32.2. The van der Waals surface area contributed by atoms with Crippen molar-refractivity contribution in [2.24, 2.45) is 0 Å². The molecule has 0 spiro atoms. The maximum Gasteiger partial charge on any atom is 0.211 e. The Morgan fingerprint density at radius 3 is 2.39 bits per heavy atom. The van der Waals surface area contributed by atoms with Crippen molar-refractivity contribution in [1.82, 2.24) is 14.1 Å². The monoisotopic (exact) mass is 335 g/mol. The van der Waals surface area contributed by atoms with Crippen LogP contribution in [0.3, 0.4) is 0 Å². The van der Waals surface area contributed by atoms with Crippen molar-refractivity contribution in [1.29, 1.82) is 0 Å². The number of aliphatic hydroxyl groups excluding tert-OH is 1. The summed E-state index contributed by atoms with van der Waals surface area (Å²) < 4.78 is 26.6. The van der Waals surface area contributed by atoms with E-state index in [1.54, 1.807) is 0 Å². The summed E-state index contributed by atoms with van der Waals surface area (Å²) in [6.45, 7) is 1.13. The molecule has 0 radical (unpaired) electrons. The fourth-order valence-corrected chi connectivity index (χ4v) is 3.80. The third kappa shape index (κ3) is 3.63. The van der Waals surface area contributed by atoms with Gasteiger partial charge in [0.1, 0.15) is 0 Å². The summed E-state index contributed by atoms with van der Waals surface area (Å²) in [4.78, 5) is 0. The van der Waals surface area contributed by atoms with Gasteiger partial charge in [0.15, 0.2) is 0 Å². The second kappa shape index (κ2) is 6.43. The maximum absolute atomic E-state index is 11.6. The highest BCUT2D eigenvalue weighted by Crippen LogP contribution is 2.26. The fraction of sp³-hybridized carbons (Fsp3) is 0.438. The van der Waals surface area contributed by atoms with Gasteiger partial charge in [-0.25, -0.2) is 12.7 Å². The molecule has 1 fully saturated rings. The SMILES string of the molecule is CS(=O)(=O)N1CCC(n2cc(-c3ccc(CO)cc3)cn2)CC1. The van der Waals surface area contributed by atoms with Crippen LogP contribution in [0, 0.1) is 0 Å². The maximum atomic E-state index is 11.6. The molecule has 0 aliphatic carbocycles. The van der Waals surface area contributed by atoms with Gasteiger partial charge in [0.2, 0.25) is 10.0 Å². The fourth-order valence-electron chi connectivity index (χ4n) is 2.93. The lowest BCUT2D eigenvalue weighted by Crippen LogP contribution is -2.38. The van der Waals surface area contributed by atoms with Crippen molar-refractivity contribution in [2.45, 2.75) is 25.5 Å². The van der Waals surface area contributed by atoms with Crippen molar-refractivity contribution >= 4 is 10.0 Å². The summed E-state index contributed by atoms with van der Waals surface area (Å²) in [6.07, 6.45) is 6.65. The predicted molar refractivity (Wildman–Crippen MR) is 88.3 cm³/mol. The molecule has 1 aromatic carbocycles. The minimum absolute atomic E-state index is 0.0401. The van der Waals surface area contributed by atoms with Gasteiger partial charge < -0.3 is 5.11 Å². The lowest BCUT2D eigenvalue weighted by Gasteiger charge is -2.30. The molecule has 124 valence electrons. The van der Waals surface area contributed by atoms with Crippen molar-refractivity contribution < 1.29 is 13.5 Å². The molecule has 1 saturated heterocycles. The Kier molecular flexibility index (Phi) is 4.52. The summed E-state index contributed by atoms with van der Waals surface area (Å²) in [5.74, 6) is 0. The molecule has 2 heterocycles. The van der Waals surface area contributed by atoms with Crippen molar-refractivity contribution in [3.63, 3.8) is 0 Å². The Labute approximate surface area is 136 Å². The standard InChI is InChI=1S/C16H21N3O3S/c1-23(21,22)18-8-6-16(7-9-18)19-11-15(10-17-19)14-4-2-13(12-20)3-5-14/h2-5,10-11,16,20H,6-9,12H2,1H3. The number of benzene rings is 1. The molecule has 0 atom stereocenters. The van der Waals surface area contributed by atoms with E-state index >= 15 is 0 Å². The van der Waals surface area contributed by atoms with Crippen LogP contribution in [0.15, 0.2) is 36.7 Å². The highest BCUT2D eigenvalue weighted by Gasteiger charge is 2.26. The molecule has 1 aliphatic heterocycles. The van der Waals surface area contributed by atoms with E-state index in [1.807, 2.05) is 41.3 Å². The number of hydrogen-bond acceptors (Lipinski definition) is 4. The number of aliphatic hydroxyl groups is 1. The van der Waals surface area contributed by atoms with Crippen LogP contribution in [0.2, 0.25) is 0 Å². The molecule has 3 rings (SSSR count). The normalized spacial score (nSPS) is 17.5. The number of aromatic nitrogens is 2. The second-order valence-corrected chi connectivity index (χ2v) is 7.94. The number of hydrogen-bond donors (Lipinski definition) is 1. The zero-order valence-electron chi connectivity index (χ0n) is 13.1. The van der Waals surface area contributed by atoms with E-state index in [2.05, 4.69) is 5.10 Å². The van der Waals surface area contributed by atoms with E-state index in [0.717, 1.165) is 29.5 Å². The molecule has 2 aromatic rings. The second-order valence-electron chi connectivity index (χ2n) is 5.96. The quantitative estimate of drug-likeness (QED) is 0.922. The van der Waals surface area contributed by atoms with Gasteiger partial charge in [-0.05, 0) is 24.0 Å². The number of piperidine rings is 1. The summed E-state index contributed by atoms with van der Waals surface area (Å²) in [5, 5.41) is 13.5. The van der Waals surface area contributed by atoms with Crippen molar-refractivity contribution in [2.75, 3.05) is 19.3 Å². The average molecular weight is 335 g/mol. The van der Waals surface area contributed by atoms with E-state index in [0.29, 0.717) is 13.1 Å². The van der Waals surface area contributed by atoms with Gasteiger partial charge in [-0.1, -0.05) is 24.3 Å². The van der Waals surface area contributed by atoms with Gasteiger partial charge in [-0.15, -0.1) is 0 Å². The molecule has 1 N–H and O–H groups in total. The molecule has 0 amide bonds. The van der Waals surface area contributed by atoms with E-state index in [-0.39, 0.29) is 12.6 Å². The number of nitrogens with zero attached hydrogens (tertiary/aromatic N) is 3. The van der Waals surface area contributed by atoms with E-state index in [4.69, 9.17) is 5.11 Å². The van der Waals surface area contributed by atoms with Crippen molar-refractivity contribution in [3.8, 4) is 11.1 Å². The highest BCUT2D eigenvalue weighted by molar-refractivity contribution is 7.88. The summed E-state index contributed by atoms with van der Waals surface area (Å²) in [6, 6.07) is 7.98. The van der Waals surface area contributed by atoms with Crippen LogP contribution in [0.1, 0.15) is 24.4 Å². The Hall–Kier alpha value is -1.70. The first-order valence-electron chi connectivity index (χ1n) is 7.67. The zero-order chi connectivity index (χ0) is 16.4. The summed E-state index contributed by atoms with van der Waals surface area (Å²) in [7, 11) is -3.09. The van der Waals surface area contributed by atoms with E-state index in [1.165, 1.54) is 10.6 Å². The van der Waals surface area contributed by atoms with Gasteiger partial charge in [0.25, 0.3) is 0 Å². The van der Waals surface area contributed by atoms with Crippen LogP contribution in [0.25, 0.3) is 11.1 Å². The summed E-state index contributed by atoms with van der Waals surface area (Å²) >= 11 is 0.